The number of hydrogen-bond donors (Lipinski definition) is 1. The van der Waals surface area contributed by atoms with Gasteiger partial charge in [-0.3, -0.25) is 4.68 Å². The van der Waals surface area contributed by atoms with Crippen molar-refractivity contribution < 1.29 is 9.47 Å². The van der Waals surface area contributed by atoms with Gasteiger partial charge in [-0.15, -0.1) is 4.98 Å². The molecule has 8 heteroatoms. The molecule has 0 radical (unpaired) electrons. The zero-order chi connectivity index (χ0) is 14.5. The number of ether oxygens (including phenoxy) is 2. The van der Waals surface area contributed by atoms with Crippen LogP contribution >= 0.6 is 0 Å². The lowest BCUT2D eigenvalue weighted by atomic mass is 10.2. The minimum atomic E-state index is 0.209. The zero-order valence-electron chi connectivity index (χ0n) is 12.0. The van der Waals surface area contributed by atoms with E-state index in [4.69, 9.17) is 9.47 Å². The quantitative estimate of drug-likeness (QED) is 0.836. The van der Waals surface area contributed by atoms with Crippen LogP contribution in [0.1, 0.15) is 18.2 Å². The number of anilines is 1. The lowest BCUT2D eigenvalue weighted by Gasteiger charge is -2.07. The molecular weight excluding hydrogens is 260 g/mol. The number of nitrogens with zero attached hydrogens (tertiary/aromatic N) is 5. The standard InChI is InChI=1S/C12H18N6O2/c1-5-9-8(7-18(2)17-9)6-13-10-14-11(19-3)16-12(15-10)20-4/h7H,5-6H2,1-4H3,(H,13,14,15,16). The Hall–Kier alpha value is -2.38. The molecule has 0 atom stereocenters. The van der Waals surface area contributed by atoms with E-state index in [1.807, 2.05) is 13.2 Å². The van der Waals surface area contributed by atoms with Gasteiger partial charge in [0.2, 0.25) is 5.95 Å². The molecule has 0 aliphatic carbocycles. The van der Waals surface area contributed by atoms with E-state index in [0.717, 1.165) is 17.7 Å². The highest BCUT2D eigenvalue weighted by molar-refractivity contribution is 5.30. The largest absolute Gasteiger partial charge is 0.467 e. The maximum absolute atomic E-state index is 5.00. The molecule has 0 saturated carbocycles. The summed E-state index contributed by atoms with van der Waals surface area (Å²) in [6.07, 6.45) is 2.85. The van der Waals surface area contributed by atoms with Gasteiger partial charge in [0.1, 0.15) is 0 Å². The third kappa shape index (κ3) is 3.14. The minimum Gasteiger partial charge on any atom is -0.467 e. The Morgan fingerprint density at radius 2 is 1.80 bits per heavy atom. The first-order chi connectivity index (χ1) is 9.66. The normalized spacial score (nSPS) is 10.4. The third-order valence-electron chi connectivity index (χ3n) is 2.72. The maximum Gasteiger partial charge on any atom is 0.324 e. The van der Waals surface area contributed by atoms with Gasteiger partial charge in [-0.1, -0.05) is 6.92 Å². The Bertz CT molecular complexity index is 561. The summed E-state index contributed by atoms with van der Waals surface area (Å²) >= 11 is 0. The van der Waals surface area contributed by atoms with Crippen LogP contribution in [0, 0.1) is 0 Å². The van der Waals surface area contributed by atoms with Crippen molar-refractivity contribution in [3.63, 3.8) is 0 Å². The van der Waals surface area contributed by atoms with Crippen LogP contribution in [-0.4, -0.2) is 39.0 Å². The Kier molecular flexibility index (Phi) is 4.34. The number of nitrogens with one attached hydrogen (secondary N) is 1. The topological polar surface area (TPSA) is 87.0 Å². The fourth-order valence-electron chi connectivity index (χ4n) is 1.80. The van der Waals surface area contributed by atoms with E-state index in [1.54, 1.807) is 4.68 Å². The van der Waals surface area contributed by atoms with Crippen LogP contribution < -0.4 is 14.8 Å². The molecule has 0 aromatic carbocycles. The fraction of sp³-hybridized carbons (Fsp3) is 0.500. The summed E-state index contributed by atoms with van der Waals surface area (Å²) in [6.45, 7) is 2.65. The van der Waals surface area contributed by atoms with Gasteiger partial charge in [0.25, 0.3) is 0 Å². The predicted molar refractivity (Wildman–Crippen MR) is 72.8 cm³/mol. The first kappa shape index (κ1) is 14.0. The van der Waals surface area contributed by atoms with Gasteiger partial charge in [0.15, 0.2) is 0 Å². The summed E-state index contributed by atoms with van der Waals surface area (Å²) in [7, 11) is 4.89. The van der Waals surface area contributed by atoms with E-state index < -0.39 is 0 Å². The highest BCUT2D eigenvalue weighted by Gasteiger charge is 2.09. The molecule has 20 heavy (non-hydrogen) atoms. The van der Waals surface area contributed by atoms with Crippen molar-refractivity contribution in [3.8, 4) is 12.0 Å². The molecule has 0 aliphatic heterocycles. The lowest BCUT2D eigenvalue weighted by molar-refractivity contribution is 0.341. The summed E-state index contributed by atoms with van der Waals surface area (Å²) in [5.74, 6) is 0.402. The smallest absolute Gasteiger partial charge is 0.324 e. The molecule has 0 amide bonds. The van der Waals surface area contributed by atoms with Gasteiger partial charge in [-0.2, -0.15) is 15.1 Å². The SMILES string of the molecule is CCc1nn(C)cc1CNc1nc(OC)nc(OC)n1. The number of methoxy groups -OCH3 is 2. The molecule has 8 nitrogen and oxygen atoms in total. The summed E-state index contributed by atoms with van der Waals surface area (Å²) < 4.78 is 11.8. The first-order valence-corrected chi connectivity index (χ1v) is 6.25. The average Bonchev–Trinajstić information content (AvgIpc) is 2.84. The van der Waals surface area contributed by atoms with E-state index in [9.17, 15) is 0 Å². The van der Waals surface area contributed by atoms with E-state index in [2.05, 4.69) is 32.3 Å². The first-order valence-electron chi connectivity index (χ1n) is 6.25. The van der Waals surface area contributed by atoms with Gasteiger partial charge in [-0.05, 0) is 6.42 Å². The minimum absolute atomic E-state index is 0.209. The van der Waals surface area contributed by atoms with Crippen molar-refractivity contribution in [1.29, 1.82) is 0 Å². The third-order valence-corrected chi connectivity index (χ3v) is 2.72. The molecule has 0 unspecified atom stereocenters. The fourth-order valence-corrected chi connectivity index (χ4v) is 1.80. The summed E-state index contributed by atoms with van der Waals surface area (Å²) in [4.78, 5) is 12.2. The van der Waals surface area contributed by atoms with Crippen LogP contribution in [0.15, 0.2) is 6.20 Å². The Morgan fingerprint density at radius 3 is 2.35 bits per heavy atom. The van der Waals surface area contributed by atoms with Crippen LogP contribution in [0.4, 0.5) is 5.95 Å². The van der Waals surface area contributed by atoms with E-state index in [0.29, 0.717) is 12.5 Å². The maximum atomic E-state index is 5.00. The number of aromatic nitrogens is 5. The lowest BCUT2D eigenvalue weighted by Crippen LogP contribution is -2.07. The Labute approximate surface area is 117 Å². The molecule has 0 spiro atoms. The van der Waals surface area contributed by atoms with Gasteiger partial charge in [-0.25, -0.2) is 0 Å². The average molecular weight is 278 g/mol. The van der Waals surface area contributed by atoms with Crippen molar-refractivity contribution in [2.75, 3.05) is 19.5 Å². The van der Waals surface area contributed by atoms with Crippen molar-refractivity contribution in [2.24, 2.45) is 7.05 Å². The second-order valence-corrected chi connectivity index (χ2v) is 4.11. The van der Waals surface area contributed by atoms with E-state index in [1.165, 1.54) is 14.2 Å². The molecule has 2 rings (SSSR count). The van der Waals surface area contributed by atoms with Gasteiger partial charge < -0.3 is 14.8 Å². The van der Waals surface area contributed by atoms with Crippen LogP contribution in [0.2, 0.25) is 0 Å². The molecule has 1 N–H and O–H groups in total. The van der Waals surface area contributed by atoms with E-state index >= 15 is 0 Å². The second kappa shape index (κ2) is 6.18. The molecule has 0 aliphatic rings. The second-order valence-electron chi connectivity index (χ2n) is 4.11. The number of aryl methyl sites for hydroxylation is 2. The van der Waals surface area contributed by atoms with Crippen molar-refractivity contribution in [1.82, 2.24) is 24.7 Å². The van der Waals surface area contributed by atoms with Crippen LogP contribution in [0.5, 0.6) is 12.0 Å². The van der Waals surface area contributed by atoms with Crippen molar-refractivity contribution in [3.05, 3.63) is 17.5 Å². The van der Waals surface area contributed by atoms with Crippen LogP contribution in [0.3, 0.4) is 0 Å². The van der Waals surface area contributed by atoms with Crippen molar-refractivity contribution in [2.45, 2.75) is 19.9 Å². The molecule has 0 saturated heterocycles. The highest BCUT2D eigenvalue weighted by Crippen LogP contribution is 2.14. The van der Waals surface area contributed by atoms with Gasteiger partial charge in [0.05, 0.1) is 19.9 Å². The van der Waals surface area contributed by atoms with E-state index in [-0.39, 0.29) is 12.0 Å². The van der Waals surface area contributed by atoms with Gasteiger partial charge >= 0.3 is 12.0 Å². The zero-order valence-corrected chi connectivity index (χ0v) is 12.0. The Morgan fingerprint density at radius 1 is 1.15 bits per heavy atom. The van der Waals surface area contributed by atoms with Crippen LogP contribution in [-0.2, 0) is 20.0 Å². The summed E-state index contributed by atoms with van der Waals surface area (Å²) in [6, 6.07) is 0.419. The summed E-state index contributed by atoms with van der Waals surface area (Å²) in [5, 5.41) is 7.51. The Balaban J connectivity index is 2.13. The molecule has 108 valence electrons. The van der Waals surface area contributed by atoms with Crippen LogP contribution in [0.25, 0.3) is 0 Å². The molecule has 2 heterocycles. The molecule has 2 aromatic rings. The monoisotopic (exact) mass is 278 g/mol. The summed E-state index contributed by atoms with van der Waals surface area (Å²) in [5.41, 5.74) is 2.15. The molecule has 0 fully saturated rings. The van der Waals surface area contributed by atoms with Crippen molar-refractivity contribution >= 4 is 5.95 Å². The molecular formula is C12H18N6O2. The number of rotatable bonds is 6. The number of hydrogen-bond acceptors (Lipinski definition) is 7. The molecule has 2 aromatic heterocycles. The predicted octanol–water partition coefficient (Wildman–Crippen LogP) is 0.797. The molecule has 0 bridgehead atoms. The van der Waals surface area contributed by atoms with Gasteiger partial charge in [0, 0.05) is 25.4 Å². The highest BCUT2D eigenvalue weighted by atomic mass is 16.5.